The third kappa shape index (κ3) is 2.49. The molecule has 0 aromatic heterocycles. The van der Waals surface area contributed by atoms with E-state index in [1.54, 1.807) is 4.90 Å². The normalized spacial score (nSPS) is 20.7. The van der Waals surface area contributed by atoms with Gasteiger partial charge in [-0.3, -0.25) is 4.79 Å². The highest BCUT2D eigenvalue weighted by atomic mass is 79.9. The number of sulfone groups is 1. The van der Waals surface area contributed by atoms with Crippen LogP contribution >= 0.6 is 15.9 Å². The highest BCUT2D eigenvalue weighted by Crippen LogP contribution is 2.37. The molecule has 2 aliphatic heterocycles. The molecule has 22 heavy (non-hydrogen) atoms. The average molecular weight is 387 g/mol. The number of anilines is 1. The zero-order valence-corrected chi connectivity index (χ0v) is 14.8. The molecule has 1 fully saturated rings. The lowest BCUT2D eigenvalue weighted by atomic mass is 9.95. The molecule has 0 unspecified atom stereocenters. The van der Waals surface area contributed by atoms with Gasteiger partial charge in [-0.15, -0.1) is 0 Å². The van der Waals surface area contributed by atoms with Gasteiger partial charge in [0, 0.05) is 23.0 Å². The van der Waals surface area contributed by atoms with Crippen LogP contribution in [0.2, 0.25) is 0 Å². The second-order valence-corrected chi connectivity index (χ2v) is 9.24. The smallest absolute Gasteiger partial charge is 0.248 e. The van der Waals surface area contributed by atoms with Crippen LogP contribution in [0.5, 0.6) is 0 Å². The fraction of sp³-hybridized carbons (Fsp3) is 0.533. The Morgan fingerprint density at radius 2 is 2.00 bits per heavy atom. The number of rotatable bonds is 2. The van der Waals surface area contributed by atoms with E-state index >= 15 is 0 Å². The number of hydrogen-bond donors (Lipinski definition) is 1. The molecule has 1 aromatic rings. The van der Waals surface area contributed by atoms with E-state index in [1.807, 2.05) is 18.2 Å². The number of amides is 1. The minimum absolute atomic E-state index is 0.270. The number of nitrogens with zero attached hydrogens (tertiary/aromatic N) is 1. The summed E-state index contributed by atoms with van der Waals surface area (Å²) in [6.07, 6.45) is 2.63. The number of fused-ring (bicyclic) bond motifs is 1. The van der Waals surface area contributed by atoms with E-state index in [-0.39, 0.29) is 5.91 Å². The zero-order chi connectivity index (χ0) is 16.0. The topological polar surface area (TPSA) is 66.5 Å². The highest BCUT2D eigenvalue weighted by Gasteiger charge is 2.51. The fourth-order valence-electron chi connectivity index (χ4n) is 3.38. The van der Waals surface area contributed by atoms with Gasteiger partial charge in [0.25, 0.3) is 0 Å². The van der Waals surface area contributed by atoms with Crippen LogP contribution < -0.4 is 10.2 Å². The monoisotopic (exact) mass is 386 g/mol. The van der Waals surface area contributed by atoms with Gasteiger partial charge < -0.3 is 10.2 Å². The van der Waals surface area contributed by atoms with E-state index in [9.17, 15) is 13.2 Å². The Kier molecular flexibility index (Phi) is 4.07. The van der Waals surface area contributed by atoms with E-state index in [2.05, 4.69) is 21.2 Å². The van der Waals surface area contributed by atoms with Crippen LogP contribution in [0.15, 0.2) is 22.7 Å². The Balaban J connectivity index is 2.02. The molecule has 0 saturated carbocycles. The number of halogens is 1. The summed E-state index contributed by atoms with van der Waals surface area (Å²) in [5.41, 5.74) is 1.93. The minimum atomic E-state index is -3.48. The lowest BCUT2D eigenvalue weighted by Crippen LogP contribution is -2.58. The predicted octanol–water partition coefficient (Wildman–Crippen LogP) is 1.51. The van der Waals surface area contributed by atoms with E-state index in [0.717, 1.165) is 22.1 Å². The summed E-state index contributed by atoms with van der Waals surface area (Å²) in [5, 5.41) is 3.14. The van der Waals surface area contributed by atoms with Gasteiger partial charge in [-0.05, 0) is 50.0 Å². The Morgan fingerprint density at radius 3 is 2.64 bits per heavy atom. The third-order valence-corrected chi connectivity index (χ3v) is 7.19. The van der Waals surface area contributed by atoms with Crippen LogP contribution in [0.4, 0.5) is 5.69 Å². The summed E-state index contributed by atoms with van der Waals surface area (Å²) in [6, 6.07) is 5.84. The van der Waals surface area contributed by atoms with Crippen LogP contribution in [0.25, 0.3) is 0 Å². The summed E-state index contributed by atoms with van der Waals surface area (Å²) < 4.78 is 24.4. The molecular weight excluding hydrogens is 368 g/mol. The van der Waals surface area contributed by atoms with Crippen molar-refractivity contribution >= 4 is 37.4 Å². The standard InChI is InChI=1S/C15H19BrN2O3S/c1-22(20,21)15(5-7-17-8-6-15)14(19)18-9-4-11-2-3-12(16)10-13(11)18/h2-3,10,17H,4-9H2,1H3. The number of nitrogens with one attached hydrogen (secondary N) is 1. The minimum Gasteiger partial charge on any atom is -0.317 e. The second kappa shape index (κ2) is 5.62. The van der Waals surface area contributed by atoms with Crippen molar-refractivity contribution < 1.29 is 13.2 Å². The molecule has 120 valence electrons. The summed E-state index contributed by atoms with van der Waals surface area (Å²) in [4.78, 5) is 14.8. The number of hydrogen-bond acceptors (Lipinski definition) is 4. The first-order chi connectivity index (χ1) is 10.3. The van der Waals surface area contributed by atoms with Crippen molar-refractivity contribution in [3.63, 3.8) is 0 Å². The SMILES string of the molecule is CS(=O)(=O)C1(C(=O)N2CCc3ccc(Br)cc32)CCNCC1. The molecule has 7 heteroatoms. The van der Waals surface area contributed by atoms with Crippen LogP contribution in [-0.2, 0) is 21.1 Å². The lowest BCUT2D eigenvalue weighted by molar-refractivity contribution is -0.121. The largest absolute Gasteiger partial charge is 0.317 e. The predicted molar refractivity (Wildman–Crippen MR) is 89.9 cm³/mol. The van der Waals surface area contributed by atoms with Gasteiger partial charge in [0.05, 0.1) is 0 Å². The Labute approximate surface area is 139 Å². The molecule has 5 nitrogen and oxygen atoms in total. The maximum absolute atomic E-state index is 13.1. The molecule has 3 rings (SSSR count). The van der Waals surface area contributed by atoms with Gasteiger partial charge >= 0.3 is 0 Å². The van der Waals surface area contributed by atoms with Gasteiger partial charge in [-0.2, -0.15) is 0 Å². The summed E-state index contributed by atoms with van der Waals surface area (Å²) in [7, 11) is -3.48. The van der Waals surface area contributed by atoms with Crippen molar-refractivity contribution in [1.29, 1.82) is 0 Å². The number of carbonyl (C=O) groups excluding carboxylic acids is 1. The lowest BCUT2D eigenvalue weighted by Gasteiger charge is -2.37. The molecule has 0 spiro atoms. The van der Waals surface area contributed by atoms with Gasteiger partial charge in [0.2, 0.25) is 5.91 Å². The Bertz CT molecular complexity index is 711. The van der Waals surface area contributed by atoms with Gasteiger partial charge in [-0.25, -0.2) is 8.42 Å². The second-order valence-electron chi connectivity index (χ2n) is 6.00. The van der Waals surface area contributed by atoms with Gasteiger partial charge in [0.1, 0.15) is 0 Å². The van der Waals surface area contributed by atoms with Crippen molar-refractivity contribution in [2.24, 2.45) is 0 Å². The number of piperidine rings is 1. The molecule has 0 radical (unpaired) electrons. The summed E-state index contributed by atoms with van der Waals surface area (Å²) in [5.74, 6) is -0.270. The van der Waals surface area contributed by atoms with Crippen LogP contribution in [0, 0.1) is 0 Å². The van der Waals surface area contributed by atoms with Crippen molar-refractivity contribution in [2.45, 2.75) is 24.0 Å². The number of benzene rings is 1. The number of carbonyl (C=O) groups is 1. The Hall–Kier alpha value is -0.920. The first kappa shape index (κ1) is 16.0. The molecule has 0 aliphatic carbocycles. The van der Waals surface area contributed by atoms with Gasteiger partial charge in [0.15, 0.2) is 14.6 Å². The zero-order valence-electron chi connectivity index (χ0n) is 12.4. The molecule has 2 heterocycles. The van der Waals surface area contributed by atoms with Crippen LogP contribution in [0.1, 0.15) is 18.4 Å². The summed E-state index contributed by atoms with van der Waals surface area (Å²) >= 11 is 3.42. The maximum Gasteiger partial charge on any atom is 0.248 e. The molecule has 1 saturated heterocycles. The van der Waals surface area contributed by atoms with Crippen LogP contribution in [0.3, 0.4) is 0 Å². The van der Waals surface area contributed by atoms with E-state index in [0.29, 0.717) is 32.5 Å². The van der Waals surface area contributed by atoms with Gasteiger partial charge in [-0.1, -0.05) is 22.0 Å². The molecule has 1 aromatic carbocycles. The molecule has 0 atom stereocenters. The van der Waals surface area contributed by atoms with Crippen molar-refractivity contribution in [3.8, 4) is 0 Å². The third-order valence-electron chi connectivity index (χ3n) is 4.70. The average Bonchev–Trinajstić information content (AvgIpc) is 2.89. The van der Waals surface area contributed by atoms with Crippen LogP contribution in [-0.4, -0.2) is 45.0 Å². The molecule has 2 aliphatic rings. The van der Waals surface area contributed by atoms with E-state index < -0.39 is 14.6 Å². The van der Waals surface area contributed by atoms with E-state index in [4.69, 9.17) is 0 Å². The molecular formula is C15H19BrN2O3S. The van der Waals surface area contributed by atoms with Crippen molar-refractivity contribution in [1.82, 2.24) is 5.32 Å². The molecule has 0 bridgehead atoms. The Morgan fingerprint density at radius 1 is 1.32 bits per heavy atom. The van der Waals surface area contributed by atoms with E-state index in [1.165, 1.54) is 6.26 Å². The molecule has 1 N–H and O–H groups in total. The molecule has 1 amide bonds. The quantitative estimate of drug-likeness (QED) is 0.836. The van der Waals surface area contributed by atoms with Crippen molar-refractivity contribution in [2.75, 3.05) is 30.8 Å². The first-order valence-corrected chi connectivity index (χ1v) is 10.0. The highest BCUT2D eigenvalue weighted by molar-refractivity contribution is 9.10. The summed E-state index contributed by atoms with van der Waals surface area (Å²) in [6.45, 7) is 1.66. The van der Waals surface area contributed by atoms with Crippen molar-refractivity contribution in [3.05, 3.63) is 28.2 Å². The fourth-order valence-corrected chi connectivity index (χ4v) is 5.11. The first-order valence-electron chi connectivity index (χ1n) is 7.36. The maximum atomic E-state index is 13.1.